The minimum atomic E-state index is -1.45. The second kappa shape index (κ2) is 11.9. The number of halogens is 2. The van der Waals surface area contributed by atoms with E-state index in [1.807, 2.05) is 18.9 Å². The molecular formula is C31H46Cl2Si3Zr. The Labute approximate surface area is 254 Å². The summed E-state index contributed by atoms with van der Waals surface area (Å²) in [7, 11) is -4.24. The quantitative estimate of drug-likeness (QED) is 0.398. The van der Waals surface area contributed by atoms with E-state index in [0.717, 1.165) is 12.8 Å². The van der Waals surface area contributed by atoms with Crippen LogP contribution in [0.25, 0.3) is 11.1 Å². The zero-order chi connectivity index (χ0) is 25.9. The third-order valence-corrected chi connectivity index (χ3v) is 19.5. The van der Waals surface area contributed by atoms with Crippen molar-refractivity contribution in [3.05, 3.63) is 77.5 Å². The summed E-state index contributed by atoms with van der Waals surface area (Å²) in [6, 6.07) is 14.8. The molecule has 0 aliphatic heterocycles. The molecule has 0 N–H and O–H groups in total. The van der Waals surface area contributed by atoms with Gasteiger partial charge >= 0.3 is 232 Å². The normalized spacial score (nSPS) is 15.8. The SMILES string of the molecule is CCc1ccc2c(c1)[CH]([Zr+2][C]1=C([Si](C)(C)C)C([Si](C)(C)C)=C([Si](C)(C)C)C1)c1cc(CC)ccc1-2.[Cl-].[Cl-]. The molecule has 2 aliphatic rings. The standard InChI is InChI=1S/C17H17.C14H29Si3.2ClH.Zr/c1-3-12-5-7-16-14(9-12)11-15-10-13(4-2)6-8-17(15)16;1-15(2,3)12-10-11-13(16(4,5)6)14(12)17(7,8)9;;;/h5-11H,3-4H2,1-2H3;10H2,1-9H3;2*1H;/q;;;;+2/p-2. The van der Waals surface area contributed by atoms with Gasteiger partial charge in [0.1, 0.15) is 0 Å². The molecule has 0 saturated carbocycles. The van der Waals surface area contributed by atoms with E-state index in [-0.39, 0.29) is 24.8 Å². The molecule has 2 aromatic carbocycles. The van der Waals surface area contributed by atoms with Crippen molar-refractivity contribution >= 4 is 24.2 Å². The summed E-state index contributed by atoms with van der Waals surface area (Å²) in [6.45, 7) is 28.2. The Morgan fingerprint density at radius 3 is 1.43 bits per heavy atom. The van der Waals surface area contributed by atoms with E-state index in [1.165, 1.54) is 28.7 Å². The van der Waals surface area contributed by atoms with Crippen LogP contribution in [0, 0.1) is 0 Å². The minimum absolute atomic E-state index is 0. The van der Waals surface area contributed by atoms with Gasteiger partial charge in [0.2, 0.25) is 0 Å². The van der Waals surface area contributed by atoms with E-state index in [0.29, 0.717) is 3.63 Å². The molecule has 0 radical (unpaired) electrons. The molecule has 200 valence electrons. The molecule has 2 aromatic rings. The second-order valence-corrected chi connectivity index (χ2v) is 32.5. The van der Waals surface area contributed by atoms with Crippen LogP contribution in [0.5, 0.6) is 0 Å². The smallest absolute Gasteiger partial charge is 1.00 e. The predicted molar refractivity (Wildman–Crippen MR) is 161 cm³/mol. The first-order chi connectivity index (χ1) is 16.2. The maximum atomic E-state index is 2.63. The van der Waals surface area contributed by atoms with Crippen molar-refractivity contribution in [2.75, 3.05) is 0 Å². The summed E-state index contributed by atoms with van der Waals surface area (Å²) < 4.78 is 2.65. The monoisotopic (exact) mass is 662 g/mol. The van der Waals surface area contributed by atoms with Crippen LogP contribution in [0.4, 0.5) is 0 Å². The molecule has 0 fully saturated rings. The number of fused-ring (bicyclic) bond motifs is 3. The van der Waals surface area contributed by atoms with E-state index < -0.39 is 47.5 Å². The molecule has 0 aromatic heterocycles. The van der Waals surface area contributed by atoms with E-state index in [1.54, 1.807) is 11.1 Å². The molecule has 0 heterocycles. The predicted octanol–water partition coefficient (Wildman–Crippen LogP) is 3.56. The molecule has 0 bridgehead atoms. The summed E-state index contributed by atoms with van der Waals surface area (Å²) in [5, 5.41) is 5.83. The van der Waals surface area contributed by atoms with Crippen LogP contribution in [0.2, 0.25) is 58.9 Å². The Morgan fingerprint density at radius 2 is 1.08 bits per heavy atom. The van der Waals surface area contributed by atoms with E-state index in [4.69, 9.17) is 0 Å². The summed E-state index contributed by atoms with van der Waals surface area (Å²) in [5.41, 5.74) is 9.40. The van der Waals surface area contributed by atoms with Crippen molar-refractivity contribution in [2.45, 2.75) is 95.7 Å². The van der Waals surface area contributed by atoms with Gasteiger partial charge in [-0.3, -0.25) is 0 Å². The Balaban J connectivity index is 0.00000241. The van der Waals surface area contributed by atoms with Crippen LogP contribution in [0.3, 0.4) is 0 Å². The van der Waals surface area contributed by atoms with Crippen LogP contribution >= 0.6 is 0 Å². The number of hydrogen-bond donors (Lipinski definition) is 0. The van der Waals surface area contributed by atoms with Gasteiger partial charge in [-0.15, -0.1) is 0 Å². The first-order valence-corrected chi connectivity index (χ1v) is 26.8. The van der Waals surface area contributed by atoms with Gasteiger partial charge in [-0.2, -0.15) is 0 Å². The molecule has 0 saturated heterocycles. The van der Waals surface area contributed by atoms with Gasteiger partial charge < -0.3 is 24.8 Å². The number of allylic oxidation sites excluding steroid dienone is 4. The fraction of sp³-hybridized carbons (Fsp3) is 0.484. The third-order valence-electron chi connectivity index (χ3n) is 7.89. The molecule has 2 aliphatic carbocycles. The fourth-order valence-corrected chi connectivity index (χ4v) is 24.3. The first-order valence-electron chi connectivity index (χ1n) is 13.7. The minimum Gasteiger partial charge on any atom is -1.00 e. The average molecular weight is 665 g/mol. The van der Waals surface area contributed by atoms with Gasteiger partial charge in [0.25, 0.3) is 0 Å². The van der Waals surface area contributed by atoms with Crippen molar-refractivity contribution in [3.8, 4) is 11.1 Å². The molecular weight excluding hydrogens is 619 g/mol. The first kappa shape index (κ1) is 33.2. The molecule has 37 heavy (non-hydrogen) atoms. The molecule has 6 heteroatoms. The van der Waals surface area contributed by atoms with Crippen LogP contribution in [-0.4, -0.2) is 24.2 Å². The van der Waals surface area contributed by atoms with Crippen molar-refractivity contribution < 1.29 is 48.0 Å². The fourth-order valence-electron chi connectivity index (χ4n) is 6.20. The second-order valence-electron chi connectivity index (χ2n) is 13.8. The van der Waals surface area contributed by atoms with E-state index in [9.17, 15) is 0 Å². The maximum Gasteiger partial charge on any atom is -1.00 e. The molecule has 0 nitrogen and oxygen atoms in total. The Hall–Kier alpha value is 0.0338. The van der Waals surface area contributed by atoms with E-state index >= 15 is 0 Å². The summed E-state index contributed by atoms with van der Waals surface area (Å²) in [4.78, 5) is 0. The van der Waals surface area contributed by atoms with Crippen molar-refractivity contribution in [3.63, 3.8) is 0 Å². The van der Waals surface area contributed by atoms with E-state index in [2.05, 4.69) is 109 Å². The van der Waals surface area contributed by atoms with Crippen molar-refractivity contribution in [1.29, 1.82) is 0 Å². The van der Waals surface area contributed by atoms with Crippen LogP contribution in [-0.2, 0) is 36.1 Å². The zero-order valence-corrected chi connectivity index (χ0v) is 31.9. The zero-order valence-electron chi connectivity index (χ0n) is 24.9. The summed E-state index contributed by atoms with van der Waals surface area (Å²) >= 11 is -0.871. The van der Waals surface area contributed by atoms with Gasteiger partial charge in [0.15, 0.2) is 0 Å². The molecule has 0 spiro atoms. The molecule has 0 amide bonds. The number of hydrogen-bond acceptors (Lipinski definition) is 0. The summed E-state index contributed by atoms with van der Waals surface area (Å²) in [5.74, 6) is 0. The molecule has 0 unspecified atom stereocenters. The van der Waals surface area contributed by atoms with Gasteiger partial charge in [-0.1, -0.05) is 0 Å². The Morgan fingerprint density at radius 1 is 0.649 bits per heavy atom. The topological polar surface area (TPSA) is 0 Å². The average Bonchev–Trinajstić information content (AvgIpc) is 3.30. The number of benzene rings is 2. The molecule has 4 rings (SSSR count). The number of rotatable bonds is 7. The summed E-state index contributed by atoms with van der Waals surface area (Å²) in [6.07, 6.45) is 3.60. The Kier molecular flexibility index (Phi) is 10.7. The van der Waals surface area contributed by atoms with Gasteiger partial charge in [0, 0.05) is 0 Å². The number of aryl methyl sites for hydroxylation is 2. The molecule has 0 atom stereocenters. The van der Waals surface area contributed by atoms with Crippen LogP contribution in [0.15, 0.2) is 55.3 Å². The third kappa shape index (κ3) is 6.52. The van der Waals surface area contributed by atoms with Gasteiger partial charge in [0.05, 0.1) is 0 Å². The van der Waals surface area contributed by atoms with Crippen LogP contribution < -0.4 is 24.8 Å². The largest absolute Gasteiger partial charge is 1.00 e. The van der Waals surface area contributed by atoms with Gasteiger partial charge in [-0.05, 0) is 0 Å². The van der Waals surface area contributed by atoms with Crippen molar-refractivity contribution in [2.24, 2.45) is 0 Å². The van der Waals surface area contributed by atoms with Crippen LogP contribution in [0.1, 0.15) is 46.1 Å². The Bertz CT molecular complexity index is 1170. The maximum absolute atomic E-state index is 2.63. The van der Waals surface area contributed by atoms with Crippen molar-refractivity contribution in [1.82, 2.24) is 0 Å². The van der Waals surface area contributed by atoms with Gasteiger partial charge in [-0.25, -0.2) is 0 Å².